The maximum atomic E-state index is 10.8. The van der Waals surface area contributed by atoms with Crippen molar-refractivity contribution in [2.75, 3.05) is 0 Å². The predicted molar refractivity (Wildman–Crippen MR) is 64.1 cm³/mol. The summed E-state index contributed by atoms with van der Waals surface area (Å²) < 4.78 is 19.6. The maximum absolute atomic E-state index is 10.8. The van der Waals surface area contributed by atoms with E-state index in [4.69, 9.17) is 4.55 Å². The summed E-state index contributed by atoms with van der Waals surface area (Å²) in [6.45, 7) is 2.18. The Morgan fingerprint density at radius 3 is 2.47 bits per heavy atom. The highest BCUT2D eigenvalue weighted by molar-refractivity contribution is 7.78. The van der Waals surface area contributed by atoms with Gasteiger partial charge in [-0.2, -0.15) is 0 Å². The van der Waals surface area contributed by atoms with Gasteiger partial charge in [-0.15, -0.1) is 0 Å². The smallest absolute Gasteiger partial charge is 0.157 e. The Labute approximate surface area is 94.0 Å². The van der Waals surface area contributed by atoms with Crippen LogP contribution in [0.25, 0.3) is 0 Å². The van der Waals surface area contributed by atoms with Crippen molar-refractivity contribution in [3.8, 4) is 0 Å². The molecule has 0 amide bonds. The van der Waals surface area contributed by atoms with Gasteiger partial charge >= 0.3 is 0 Å². The van der Waals surface area contributed by atoms with Gasteiger partial charge in [0.25, 0.3) is 0 Å². The normalized spacial score (nSPS) is 12.7. The monoisotopic (exact) mass is 226 g/mol. The topological polar surface area (TPSA) is 37.3 Å². The Morgan fingerprint density at radius 2 is 1.87 bits per heavy atom. The fourth-order valence-corrected chi connectivity index (χ4v) is 2.19. The van der Waals surface area contributed by atoms with Gasteiger partial charge in [0.15, 0.2) is 11.1 Å². The van der Waals surface area contributed by atoms with Gasteiger partial charge in [0.2, 0.25) is 0 Å². The molecule has 3 heteroatoms. The van der Waals surface area contributed by atoms with Crippen molar-refractivity contribution in [2.24, 2.45) is 0 Å². The zero-order valence-electron chi connectivity index (χ0n) is 9.11. The molecule has 0 aliphatic carbocycles. The summed E-state index contributed by atoms with van der Waals surface area (Å²) in [5, 5.41) is 0. The second-order valence-electron chi connectivity index (χ2n) is 3.69. The summed E-state index contributed by atoms with van der Waals surface area (Å²) in [6.07, 6.45) is 4.59. The van der Waals surface area contributed by atoms with Crippen LogP contribution in [0.2, 0.25) is 0 Å². The van der Waals surface area contributed by atoms with Gasteiger partial charge in [-0.1, -0.05) is 44.0 Å². The van der Waals surface area contributed by atoms with Crippen LogP contribution >= 0.6 is 0 Å². The predicted octanol–water partition coefficient (Wildman–Crippen LogP) is 3.14. The molecule has 0 saturated heterocycles. The van der Waals surface area contributed by atoms with Crippen LogP contribution in [-0.2, 0) is 23.3 Å². The first-order chi connectivity index (χ1) is 7.24. The SMILES string of the molecule is CCCCCc1ccccc1CS(=O)O. The van der Waals surface area contributed by atoms with E-state index in [9.17, 15) is 4.21 Å². The molecule has 0 fully saturated rings. The molecule has 0 aromatic heterocycles. The minimum atomic E-state index is -1.73. The highest BCUT2D eigenvalue weighted by Crippen LogP contribution is 2.14. The van der Waals surface area contributed by atoms with Crippen molar-refractivity contribution in [2.45, 2.75) is 38.4 Å². The van der Waals surface area contributed by atoms with Crippen molar-refractivity contribution in [1.82, 2.24) is 0 Å². The lowest BCUT2D eigenvalue weighted by atomic mass is 10.0. The number of hydrogen-bond donors (Lipinski definition) is 1. The van der Waals surface area contributed by atoms with Crippen LogP contribution < -0.4 is 0 Å². The van der Waals surface area contributed by atoms with Gasteiger partial charge in [0, 0.05) is 0 Å². The second kappa shape index (κ2) is 6.75. The molecule has 0 spiro atoms. The molecule has 1 unspecified atom stereocenters. The van der Waals surface area contributed by atoms with Gasteiger partial charge < -0.3 is 4.55 Å². The van der Waals surface area contributed by atoms with Crippen LogP contribution in [0.4, 0.5) is 0 Å². The Balaban J connectivity index is 2.64. The quantitative estimate of drug-likeness (QED) is 0.597. The van der Waals surface area contributed by atoms with Crippen molar-refractivity contribution >= 4 is 11.1 Å². The third-order valence-electron chi connectivity index (χ3n) is 2.45. The average Bonchev–Trinajstić information content (AvgIpc) is 2.20. The number of unbranched alkanes of at least 4 members (excludes halogenated alkanes) is 2. The summed E-state index contributed by atoms with van der Waals surface area (Å²) in [5.41, 5.74) is 2.22. The molecule has 0 saturated carbocycles. The maximum Gasteiger partial charge on any atom is 0.157 e. The summed E-state index contributed by atoms with van der Waals surface area (Å²) in [7, 11) is 0. The Bertz CT molecular complexity index is 323. The highest BCUT2D eigenvalue weighted by atomic mass is 32.2. The van der Waals surface area contributed by atoms with Crippen LogP contribution in [0.15, 0.2) is 24.3 Å². The van der Waals surface area contributed by atoms with E-state index in [0.29, 0.717) is 0 Å². The Kier molecular flexibility index (Phi) is 5.58. The van der Waals surface area contributed by atoms with E-state index in [0.717, 1.165) is 18.4 Å². The van der Waals surface area contributed by atoms with Crippen LogP contribution in [0, 0.1) is 0 Å². The van der Waals surface area contributed by atoms with E-state index in [1.54, 1.807) is 0 Å². The first kappa shape index (κ1) is 12.4. The first-order valence-electron chi connectivity index (χ1n) is 5.38. The third kappa shape index (κ3) is 4.58. The molecule has 0 aliphatic rings. The average molecular weight is 226 g/mol. The van der Waals surface area contributed by atoms with E-state index in [-0.39, 0.29) is 5.75 Å². The summed E-state index contributed by atoms with van der Waals surface area (Å²) in [6, 6.07) is 7.91. The molecule has 0 radical (unpaired) electrons. The largest absolute Gasteiger partial charge is 0.306 e. The minimum absolute atomic E-state index is 0.252. The van der Waals surface area contributed by atoms with Crippen LogP contribution in [0.5, 0.6) is 0 Å². The van der Waals surface area contributed by atoms with Gasteiger partial charge in [0.1, 0.15) is 0 Å². The third-order valence-corrected chi connectivity index (χ3v) is 3.00. The van der Waals surface area contributed by atoms with Crippen molar-refractivity contribution in [3.63, 3.8) is 0 Å². The molecule has 2 nitrogen and oxygen atoms in total. The van der Waals surface area contributed by atoms with Gasteiger partial charge in [0.05, 0.1) is 5.75 Å². The van der Waals surface area contributed by atoms with Crippen molar-refractivity contribution in [3.05, 3.63) is 35.4 Å². The lowest BCUT2D eigenvalue weighted by Gasteiger charge is -2.07. The molecule has 1 N–H and O–H groups in total. The van der Waals surface area contributed by atoms with E-state index in [2.05, 4.69) is 13.0 Å². The standard InChI is InChI=1S/C12H18O2S/c1-2-3-4-7-11-8-5-6-9-12(11)10-15(13)14/h5-6,8-9H,2-4,7,10H2,1H3,(H,13,14). The summed E-state index contributed by atoms with van der Waals surface area (Å²) in [4.78, 5) is 0. The number of benzene rings is 1. The molecule has 1 atom stereocenters. The molecule has 1 rings (SSSR count). The van der Waals surface area contributed by atoms with Gasteiger partial charge in [-0.05, 0) is 24.0 Å². The zero-order valence-corrected chi connectivity index (χ0v) is 9.93. The van der Waals surface area contributed by atoms with E-state index in [1.807, 2.05) is 18.2 Å². The van der Waals surface area contributed by atoms with Crippen LogP contribution in [-0.4, -0.2) is 8.76 Å². The molecule has 15 heavy (non-hydrogen) atoms. The molecule has 1 aromatic rings. The van der Waals surface area contributed by atoms with Crippen LogP contribution in [0.3, 0.4) is 0 Å². The van der Waals surface area contributed by atoms with E-state index in [1.165, 1.54) is 18.4 Å². The fraction of sp³-hybridized carbons (Fsp3) is 0.500. The molecular weight excluding hydrogens is 208 g/mol. The van der Waals surface area contributed by atoms with Crippen LogP contribution in [0.1, 0.15) is 37.3 Å². The first-order valence-corrected chi connectivity index (χ1v) is 6.66. The molecular formula is C12H18O2S. The Hall–Kier alpha value is -0.670. The number of rotatable bonds is 6. The van der Waals surface area contributed by atoms with Crippen molar-refractivity contribution in [1.29, 1.82) is 0 Å². The lowest BCUT2D eigenvalue weighted by Crippen LogP contribution is -1.98. The van der Waals surface area contributed by atoms with Gasteiger partial charge in [-0.3, -0.25) is 0 Å². The second-order valence-corrected chi connectivity index (χ2v) is 4.62. The highest BCUT2D eigenvalue weighted by Gasteiger charge is 2.03. The van der Waals surface area contributed by atoms with Gasteiger partial charge in [-0.25, -0.2) is 4.21 Å². The molecule has 84 valence electrons. The number of aryl methyl sites for hydroxylation is 1. The fourth-order valence-electron chi connectivity index (χ4n) is 1.64. The summed E-state index contributed by atoms with van der Waals surface area (Å²) in [5.74, 6) is 0.252. The van der Waals surface area contributed by atoms with Crippen molar-refractivity contribution < 1.29 is 8.76 Å². The zero-order chi connectivity index (χ0) is 11.1. The van der Waals surface area contributed by atoms with E-state index < -0.39 is 11.1 Å². The molecule has 0 aliphatic heterocycles. The molecule has 0 bridgehead atoms. The molecule has 1 aromatic carbocycles. The van der Waals surface area contributed by atoms with E-state index >= 15 is 0 Å². The molecule has 0 heterocycles. The minimum Gasteiger partial charge on any atom is -0.306 e. The summed E-state index contributed by atoms with van der Waals surface area (Å²) >= 11 is -1.73. The Morgan fingerprint density at radius 1 is 1.20 bits per heavy atom. The number of hydrogen-bond acceptors (Lipinski definition) is 1. The lowest BCUT2D eigenvalue weighted by molar-refractivity contribution is 0.563.